The molecule has 0 heterocycles. The molecule has 0 radical (unpaired) electrons. The average Bonchev–Trinajstić information content (AvgIpc) is 2.60. The summed E-state index contributed by atoms with van der Waals surface area (Å²) in [5.41, 5.74) is 0.0535. The van der Waals surface area contributed by atoms with E-state index in [1.54, 1.807) is 18.2 Å². The zero-order valence-electron chi connectivity index (χ0n) is 14.8. The van der Waals surface area contributed by atoms with Crippen LogP contribution in [0.15, 0.2) is 41.3 Å². The molecule has 0 N–H and O–H groups in total. The SMILES string of the molecule is COc1ccc(Cl)cc1CN(C)C(=O)c1cc([N+](=O)[O-])cc(S(C)(=O)=O)c1. The lowest BCUT2D eigenvalue weighted by Gasteiger charge is -2.19. The van der Waals surface area contributed by atoms with Gasteiger partial charge in [0.1, 0.15) is 5.75 Å². The van der Waals surface area contributed by atoms with Crippen LogP contribution in [0.4, 0.5) is 5.69 Å². The molecule has 0 saturated heterocycles. The van der Waals surface area contributed by atoms with E-state index in [2.05, 4.69) is 0 Å². The molecule has 2 rings (SSSR count). The van der Waals surface area contributed by atoms with Gasteiger partial charge in [0, 0.05) is 48.1 Å². The van der Waals surface area contributed by atoms with E-state index in [0.717, 1.165) is 24.5 Å². The number of amides is 1. The van der Waals surface area contributed by atoms with Crippen LogP contribution in [-0.2, 0) is 16.4 Å². The zero-order valence-corrected chi connectivity index (χ0v) is 16.4. The Morgan fingerprint density at radius 2 is 1.93 bits per heavy atom. The molecule has 1 amide bonds. The van der Waals surface area contributed by atoms with Crippen LogP contribution < -0.4 is 4.74 Å². The minimum absolute atomic E-state index is 0.104. The number of rotatable bonds is 6. The lowest BCUT2D eigenvalue weighted by atomic mass is 10.1. The molecule has 0 bridgehead atoms. The van der Waals surface area contributed by atoms with Crippen LogP contribution in [0.1, 0.15) is 15.9 Å². The van der Waals surface area contributed by atoms with Crippen LogP contribution in [0, 0.1) is 10.1 Å². The lowest BCUT2D eigenvalue weighted by molar-refractivity contribution is -0.385. The smallest absolute Gasteiger partial charge is 0.271 e. The number of carbonyl (C=O) groups excluding carboxylic acids is 1. The molecule has 0 aliphatic carbocycles. The van der Waals surface area contributed by atoms with Crippen molar-refractivity contribution in [2.24, 2.45) is 0 Å². The van der Waals surface area contributed by atoms with Gasteiger partial charge in [-0.3, -0.25) is 14.9 Å². The number of ether oxygens (including phenoxy) is 1. The third kappa shape index (κ3) is 4.95. The predicted octanol–water partition coefficient (Wildman–Crippen LogP) is 2.93. The van der Waals surface area contributed by atoms with E-state index >= 15 is 0 Å². The first-order valence-corrected chi connectivity index (χ1v) is 9.87. The topological polar surface area (TPSA) is 107 Å². The molecule has 8 nitrogen and oxygen atoms in total. The summed E-state index contributed by atoms with van der Waals surface area (Å²) in [5, 5.41) is 11.6. The summed E-state index contributed by atoms with van der Waals surface area (Å²) >= 11 is 5.98. The maximum atomic E-state index is 12.7. The van der Waals surface area contributed by atoms with Gasteiger partial charge in [0.25, 0.3) is 11.6 Å². The summed E-state index contributed by atoms with van der Waals surface area (Å²) in [6, 6.07) is 8.03. The largest absolute Gasteiger partial charge is 0.496 e. The molecule has 0 atom stereocenters. The Balaban J connectivity index is 2.41. The molecule has 0 unspecified atom stereocenters. The summed E-state index contributed by atoms with van der Waals surface area (Å²) in [6.45, 7) is 0.111. The van der Waals surface area contributed by atoms with Gasteiger partial charge < -0.3 is 9.64 Å². The molecule has 0 aliphatic rings. The van der Waals surface area contributed by atoms with Gasteiger partial charge in [0.2, 0.25) is 0 Å². The first kappa shape index (κ1) is 20.7. The van der Waals surface area contributed by atoms with Crippen molar-refractivity contribution < 1.29 is 22.9 Å². The van der Waals surface area contributed by atoms with Crippen molar-refractivity contribution in [1.29, 1.82) is 0 Å². The second kappa shape index (κ2) is 7.93. The van der Waals surface area contributed by atoms with Crippen molar-refractivity contribution in [2.45, 2.75) is 11.4 Å². The van der Waals surface area contributed by atoms with Crippen molar-refractivity contribution in [1.82, 2.24) is 4.90 Å². The fourth-order valence-corrected chi connectivity index (χ4v) is 3.32. The van der Waals surface area contributed by atoms with Gasteiger partial charge in [0.15, 0.2) is 9.84 Å². The fraction of sp³-hybridized carbons (Fsp3) is 0.235. The lowest BCUT2D eigenvalue weighted by Crippen LogP contribution is -2.26. The van der Waals surface area contributed by atoms with Crippen molar-refractivity contribution in [3.63, 3.8) is 0 Å². The van der Waals surface area contributed by atoms with Crippen LogP contribution in [0.25, 0.3) is 0 Å². The van der Waals surface area contributed by atoms with E-state index in [4.69, 9.17) is 16.3 Å². The van der Waals surface area contributed by atoms with Crippen LogP contribution in [-0.4, -0.2) is 44.6 Å². The van der Waals surface area contributed by atoms with E-state index in [1.165, 1.54) is 19.1 Å². The van der Waals surface area contributed by atoms with Crippen LogP contribution in [0.5, 0.6) is 5.75 Å². The Morgan fingerprint density at radius 1 is 1.26 bits per heavy atom. The van der Waals surface area contributed by atoms with Gasteiger partial charge >= 0.3 is 0 Å². The maximum Gasteiger partial charge on any atom is 0.271 e. The highest BCUT2D eigenvalue weighted by molar-refractivity contribution is 7.90. The molecule has 0 aliphatic heterocycles. The first-order valence-electron chi connectivity index (χ1n) is 7.60. The summed E-state index contributed by atoms with van der Waals surface area (Å²) in [7, 11) is -0.761. The second-order valence-corrected chi connectivity index (χ2v) is 8.31. The summed E-state index contributed by atoms with van der Waals surface area (Å²) < 4.78 is 28.8. The Labute approximate surface area is 161 Å². The van der Waals surface area contributed by atoms with Crippen molar-refractivity contribution in [3.05, 3.63) is 62.7 Å². The monoisotopic (exact) mass is 412 g/mol. The van der Waals surface area contributed by atoms with Crippen LogP contribution >= 0.6 is 11.6 Å². The average molecular weight is 413 g/mol. The fourth-order valence-electron chi connectivity index (χ4n) is 2.44. The quantitative estimate of drug-likeness (QED) is 0.533. The van der Waals surface area contributed by atoms with Gasteiger partial charge in [-0.15, -0.1) is 0 Å². The number of halogens is 1. The third-order valence-corrected chi connectivity index (χ3v) is 5.10. The van der Waals surface area contributed by atoms with Crippen molar-refractivity contribution in [3.8, 4) is 5.75 Å². The molecule has 2 aromatic rings. The number of nitrogens with zero attached hydrogens (tertiary/aromatic N) is 2. The molecule has 0 saturated carbocycles. The second-order valence-electron chi connectivity index (χ2n) is 5.86. The Morgan fingerprint density at radius 3 is 2.48 bits per heavy atom. The summed E-state index contributed by atoms with van der Waals surface area (Å²) in [4.78, 5) is 24.1. The molecule has 0 spiro atoms. The number of hydrogen-bond acceptors (Lipinski definition) is 6. The van der Waals surface area contributed by atoms with Crippen LogP contribution in [0.3, 0.4) is 0 Å². The maximum absolute atomic E-state index is 12.7. The molecule has 10 heteroatoms. The predicted molar refractivity (Wildman–Crippen MR) is 100 cm³/mol. The van der Waals surface area contributed by atoms with Gasteiger partial charge in [-0.25, -0.2) is 8.42 Å². The number of non-ortho nitro benzene ring substituents is 1. The van der Waals surface area contributed by atoms with Gasteiger partial charge in [-0.05, 0) is 24.3 Å². The summed E-state index contributed by atoms with van der Waals surface area (Å²) in [5.74, 6) is -0.0551. The number of nitro groups is 1. The van der Waals surface area contributed by atoms with E-state index in [0.29, 0.717) is 16.3 Å². The standard InChI is InChI=1S/C17H17ClN2O6S/c1-19(10-12-6-13(18)4-5-16(12)26-2)17(21)11-7-14(20(22)23)9-15(8-11)27(3,24)25/h4-9H,10H2,1-3H3. The van der Waals surface area contributed by atoms with Crippen molar-refractivity contribution in [2.75, 3.05) is 20.4 Å². The highest BCUT2D eigenvalue weighted by Crippen LogP contribution is 2.26. The Kier molecular flexibility index (Phi) is 6.07. The minimum Gasteiger partial charge on any atom is -0.496 e. The molecular weight excluding hydrogens is 396 g/mol. The molecular formula is C17H17ClN2O6S. The molecule has 27 heavy (non-hydrogen) atoms. The highest BCUT2D eigenvalue weighted by Gasteiger charge is 2.21. The number of hydrogen-bond donors (Lipinski definition) is 0. The number of methoxy groups -OCH3 is 1. The van der Waals surface area contributed by atoms with E-state index in [9.17, 15) is 23.3 Å². The van der Waals surface area contributed by atoms with Gasteiger partial charge in [0.05, 0.1) is 16.9 Å². The van der Waals surface area contributed by atoms with E-state index < -0.39 is 26.4 Å². The number of nitro benzene ring substituents is 1. The van der Waals surface area contributed by atoms with Crippen molar-refractivity contribution >= 4 is 33.0 Å². The van der Waals surface area contributed by atoms with Gasteiger partial charge in [-0.2, -0.15) is 0 Å². The van der Waals surface area contributed by atoms with E-state index in [-0.39, 0.29) is 17.0 Å². The highest BCUT2D eigenvalue weighted by atomic mass is 35.5. The third-order valence-electron chi connectivity index (χ3n) is 3.77. The minimum atomic E-state index is -3.73. The molecule has 0 fully saturated rings. The Hall–Kier alpha value is -2.65. The first-order chi connectivity index (χ1) is 12.5. The number of sulfone groups is 1. The van der Waals surface area contributed by atoms with Crippen LogP contribution in [0.2, 0.25) is 5.02 Å². The molecule has 144 valence electrons. The summed E-state index contributed by atoms with van der Waals surface area (Å²) in [6.07, 6.45) is 0.918. The Bertz CT molecular complexity index is 1010. The number of carbonyl (C=O) groups is 1. The normalized spacial score (nSPS) is 11.1. The molecule has 2 aromatic carbocycles. The van der Waals surface area contributed by atoms with Gasteiger partial charge in [-0.1, -0.05) is 11.6 Å². The zero-order chi connectivity index (χ0) is 20.4. The molecule has 0 aromatic heterocycles. The number of benzene rings is 2. The van der Waals surface area contributed by atoms with E-state index in [1.807, 2.05) is 0 Å².